The number of hydrogen-bond acceptors (Lipinski definition) is 2. The summed E-state index contributed by atoms with van der Waals surface area (Å²) in [7, 11) is 0. The first kappa shape index (κ1) is 13.9. The van der Waals surface area contributed by atoms with Crippen LogP contribution >= 0.6 is 0 Å². The minimum absolute atomic E-state index is 0.0154. The molecule has 0 bridgehead atoms. The third kappa shape index (κ3) is 9.25. The molecule has 0 rings (SSSR count). The van der Waals surface area contributed by atoms with Gasteiger partial charge in [-0.1, -0.05) is 13.8 Å². The summed E-state index contributed by atoms with van der Waals surface area (Å²) in [6, 6.07) is -0.0548. The van der Waals surface area contributed by atoms with Gasteiger partial charge in [-0.2, -0.15) is 0 Å². The predicted molar refractivity (Wildman–Crippen MR) is 58.5 cm³/mol. The highest BCUT2D eigenvalue weighted by molar-refractivity contribution is 5.76. The molecule has 0 spiro atoms. The second kappa shape index (κ2) is 7.26. The smallest absolute Gasteiger partial charge is 0.303 e. The van der Waals surface area contributed by atoms with Gasteiger partial charge in [-0.15, -0.1) is 0 Å². The van der Waals surface area contributed by atoms with E-state index in [0.29, 0.717) is 18.8 Å². The number of carboxylic acids is 1. The summed E-state index contributed by atoms with van der Waals surface area (Å²) in [6.45, 7) is 5.97. The Labute approximate surface area is 91.1 Å². The second-order valence-corrected chi connectivity index (χ2v) is 4.33. The topological polar surface area (TPSA) is 66.4 Å². The molecule has 0 saturated heterocycles. The van der Waals surface area contributed by atoms with E-state index >= 15 is 0 Å². The third-order valence-electron chi connectivity index (χ3n) is 2.15. The predicted octanol–water partition coefficient (Wildman–Crippen LogP) is 1.79. The van der Waals surface area contributed by atoms with Gasteiger partial charge >= 0.3 is 5.97 Å². The van der Waals surface area contributed by atoms with Crippen LogP contribution in [0.3, 0.4) is 0 Å². The first-order chi connectivity index (χ1) is 6.91. The molecule has 88 valence electrons. The lowest BCUT2D eigenvalue weighted by Gasteiger charge is -2.13. The first-order valence-electron chi connectivity index (χ1n) is 5.43. The largest absolute Gasteiger partial charge is 0.481 e. The Bertz CT molecular complexity index is 214. The summed E-state index contributed by atoms with van der Waals surface area (Å²) in [5.74, 6) is -0.287. The van der Waals surface area contributed by atoms with Crippen molar-refractivity contribution in [3.63, 3.8) is 0 Å². The number of carbonyl (C=O) groups excluding carboxylic acids is 1. The monoisotopic (exact) mass is 215 g/mol. The van der Waals surface area contributed by atoms with Gasteiger partial charge in [0, 0.05) is 18.9 Å². The van der Waals surface area contributed by atoms with Gasteiger partial charge in [0.05, 0.1) is 0 Å². The number of rotatable bonds is 7. The van der Waals surface area contributed by atoms with E-state index in [1.807, 2.05) is 6.92 Å². The third-order valence-corrected chi connectivity index (χ3v) is 2.15. The van der Waals surface area contributed by atoms with Gasteiger partial charge < -0.3 is 10.4 Å². The summed E-state index contributed by atoms with van der Waals surface area (Å²) in [6.07, 6.45) is 1.99. The average molecular weight is 215 g/mol. The van der Waals surface area contributed by atoms with E-state index in [9.17, 15) is 9.59 Å². The number of carboxylic acid groups (broad SMARTS) is 1. The number of nitrogens with one attached hydrogen (secondary N) is 1. The van der Waals surface area contributed by atoms with Gasteiger partial charge in [-0.05, 0) is 25.7 Å². The number of aliphatic carboxylic acids is 1. The Balaban J connectivity index is 3.62. The highest BCUT2D eigenvalue weighted by Gasteiger charge is 2.09. The van der Waals surface area contributed by atoms with Gasteiger partial charge in [-0.3, -0.25) is 9.59 Å². The van der Waals surface area contributed by atoms with Gasteiger partial charge in [-0.25, -0.2) is 0 Å². The highest BCUT2D eigenvalue weighted by atomic mass is 16.4. The molecular weight excluding hydrogens is 194 g/mol. The maximum Gasteiger partial charge on any atom is 0.303 e. The van der Waals surface area contributed by atoms with Crippen molar-refractivity contribution in [1.29, 1.82) is 0 Å². The molecule has 0 aliphatic heterocycles. The fourth-order valence-electron chi connectivity index (χ4n) is 1.18. The molecule has 0 aromatic heterocycles. The highest BCUT2D eigenvalue weighted by Crippen LogP contribution is 2.04. The van der Waals surface area contributed by atoms with Crippen LogP contribution in [-0.4, -0.2) is 23.0 Å². The lowest BCUT2D eigenvalue weighted by atomic mass is 10.1. The fourth-order valence-corrected chi connectivity index (χ4v) is 1.18. The van der Waals surface area contributed by atoms with E-state index in [1.165, 1.54) is 0 Å². The minimum atomic E-state index is -0.821. The van der Waals surface area contributed by atoms with E-state index < -0.39 is 5.97 Å². The van der Waals surface area contributed by atoms with Crippen LogP contribution in [0.4, 0.5) is 0 Å². The quantitative estimate of drug-likeness (QED) is 0.680. The zero-order valence-corrected chi connectivity index (χ0v) is 9.75. The van der Waals surface area contributed by atoms with Crippen LogP contribution < -0.4 is 5.32 Å². The Morgan fingerprint density at radius 3 is 2.20 bits per heavy atom. The summed E-state index contributed by atoms with van der Waals surface area (Å²) in [5, 5.41) is 11.2. The van der Waals surface area contributed by atoms with Crippen molar-refractivity contribution in [1.82, 2.24) is 5.32 Å². The average Bonchev–Trinajstić information content (AvgIpc) is 2.11. The van der Waals surface area contributed by atoms with Crippen molar-refractivity contribution in [2.24, 2.45) is 5.92 Å². The van der Waals surface area contributed by atoms with Crippen LogP contribution in [0.15, 0.2) is 0 Å². The molecule has 1 atom stereocenters. The molecule has 0 aliphatic rings. The normalized spacial score (nSPS) is 12.5. The van der Waals surface area contributed by atoms with Crippen LogP contribution in [0.25, 0.3) is 0 Å². The summed E-state index contributed by atoms with van der Waals surface area (Å²) in [4.78, 5) is 21.6. The molecule has 0 aromatic rings. The molecular formula is C11H21NO3. The lowest BCUT2D eigenvalue weighted by molar-refractivity contribution is -0.137. The number of carbonyl (C=O) groups is 2. The fraction of sp³-hybridized carbons (Fsp3) is 0.818. The minimum Gasteiger partial charge on any atom is -0.481 e. The van der Waals surface area contributed by atoms with Gasteiger partial charge in [0.1, 0.15) is 0 Å². The van der Waals surface area contributed by atoms with E-state index in [2.05, 4.69) is 19.2 Å². The molecule has 4 nitrogen and oxygen atoms in total. The van der Waals surface area contributed by atoms with Gasteiger partial charge in [0.15, 0.2) is 0 Å². The van der Waals surface area contributed by atoms with E-state index in [1.54, 1.807) is 0 Å². The Morgan fingerprint density at radius 1 is 1.13 bits per heavy atom. The van der Waals surface area contributed by atoms with Crippen molar-refractivity contribution in [3.05, 3.63) is 0 Å². The molecule has 0 saturated carbocycles. The van der Waals surface area contributed by atoms with Crippen molar-refractivity contribution < 1.29 is 14.7 Å². The summed E-state index contributed by atoms with van der Waals surface area (Å²) in [5.41, 5.74) is 0. The molecule has 0 aliphatic carbocycles. The van der Waals surface area contributed by atoms with Crippen molar-refractivity contribution in [2.45, 2.75) is 52.5 Å². The van der Waals surface area contributed by atoms with Crippen LogP contribution in [0.5, 0.6) is 0 Å². The van der Waals surface area contributed by atoms with Crippen LogP contribution in [-0.2, 0) is 9.59 Å². The molecule has 1 unspecified atom stereocenters. The van der Waals surface area contributed by atoms with Crippen molar-refractivity contribution in [2.75, 3.05) is 0 Å². The number of amides is 1. The van der Waals surface area contributed by atoms with Crippen LogP contribution in [0, 0.1) is 5.92 Å². The second-order valence-electron chi connectivity index (χ2n) is 4.33. The standard InChI is InChI=1S/C11H21NO3/c1-8(2)4-6-10(13)12-9(3)5-7-11(14)15/h8-9H,4-7H2,1-3H3,(H,12,13)(H,14,15). The van der Waals surface area contributed by atoms with Crippen LogP contribution in [0.1, 0.15) is 46.5 Å². The first-order valence-corrected chi connectivity index (χ1v) is 5.43. The number of hydrogen-bond donors (Lipinski definition) is 2. The molecule has 4 heteroatoms. The zero-order valence-electron chi connectivity index (χ0n) is 9.75. The summed E-state index contributed by atoms with van der Waals surface area (Å²) < 4.78 is 0. The molecule has 2 N–H and O–H groups in total. The van der Waals surface area contributed by atoms with E-state index in [4.69, 9.17) is 5.11 Å². The van der Waals surface area contributed by atoms with E-state index in [0.717, 1.165) is 6.42 Å². The van der Waals surface area contributed by atoms with Crippen molar-refractivity contribution >= 4 is 11.9 Å². The molecule has 0 fully saturated rings. The summed E-state index contributed by atoms with van der Waals surface area (Å²) >= 11 is 0. The SMILES string of the molecule is CC(C)CCC(=O)NC(C)CCC(=O)O. The zero-order chi connectivity index (χ0) is 11.8. The molecule has 0 heterocycles. The molecule has 0 radical (unpaired) electrons. The maximum absolute atomic E-state index is 11.3. The van der Waals surface area contributed by atoms with Gasteiger partial charge in [0.25, 0.3) is 0 Å². The van der Waals surface area contributed by atoms with Gasteiger partial charge in [0.2, 0.25) is 5.91 Å². The Hall–Kier alpha value is -1.06. The molecule has 15 heavy (non-hydrogen) atoms. The van der Waals surface area contributed by atoms with Crippen molar-refractivity contribution in [3.8, 4) is 0 Å². The maximum atomic E-state index is 11.3. The lowest BCUT2D eigenvalue weighted by Crippen LogP contribution is -2.32. The Morgan fingerprint density at radius 2 is 1.73 bits per heavy atom. The molecule has 0 aromatic carbocycles. The Kier molecular flexibility index (Phi) is 6.75. The van der Waals surface area contributed by atoms with E-state index in [-0.39, 0.29) is 18.4 Å². The van der Waals surface area contributed by atoms with Crippen LogP contribution in [0.2, 0.25) is 0 Å². The molecule has 1 amide bonds.